The predicted molar refractivity (Wildman–Crippen MR) is 78.2 cm³/mol. The predicted octanol–water partition coefficient (Wildman–Crippen LogP) is 2.18. The van der Waals surface area contributed by atoms with Gasteiger partial charge in [-0.1, -0.05) is 6.92 Å². The summed E-state index contributed by atoms with van der Waals surface area (Å²) < 4.78 is 4.86. The van der Waals surface area contributed by atoms with Gasteiger partial charge in [0.15, 0.2) is 0 Å². The number of methoxy groups -OCH3 is 1. The number of likely N-dealkylation sites (tertiary alicyclic amines) is 1. The zero-order valence-corrected chi connectivity index (χ0v) is 13.0. The second kappa shape index (κ2) is 7.85. The topological polar surface area (TPSA) is 41.6 Å². The van der Waals surface area contributed by atoms with Crippen LogP contribution in [0, 0.1) is 0 Å². The maximum absolute atomic E-state index is 11.7. The minimum Gasteiger partial charge on any atom is -0.468 e. The Morgan fingerprint density at radius 1 is 1.47 bits per heavy atom. The lowest BCUT2D eigenvalue weighted by atomic mass is 9.95. The Hall–Kier alpha value is -0.610. The molecule has 0 aromatic carbocycles. The van der Waals surface area contributed by atoms with Gasteiger partial charge in [-0.25, -0.2) is 0 Å². The van der Waals surface area contributed by atoms with E-state index in [0.29, 0.717) is 0 Å². The number of nitrogens with zero attached hydrogens (tertiary/aromatic N) is 1. The van der Waals surface area contributed by atoms with Crippen molar-refractivity contribution in [3.05, 3.63) is 0 Å². The number of hydrogen-bond acceptors (Lipinski definition) is 4. The molecule has 0 bridgehead atoms. The molecule has 0 aliphatic carbocycles. The number of carbonyl (C=O) groups is 1. The van der Waals surface area contributed by atoms with E-state index in [1.807, 2.05) is 14.0 Å². The molecule has 0 aromatic heterocycles. The van der Waals surface area contributed by atoms with Crippen molar-refractivity contribution < 1.29 is 9.53 Å². The minimum atomic E-state index is -0.538. The Balaban J connectivity index is 2.27. The highest BCUT2D eigenvalue weighted by Gasteiger charge is 2.31. The van der Waals surface area contributed by atoms with E-state index in [1.165, 1.54) is 39.5 Å². The van der Waals surface area contributed by atoms with Crippen LogP contribution >= 0.6 is 0 Å². The van der Waals surface area contributed by atoms with E-state index < -0.39 is 5.54 Å². The van der Waals surface area contributed by atoms with Gasteiger partial charge in [-0.3, -0.25) is 4.79 Å². The average molecular weight is 270 g/mol. The molecule has 19 heavy (non-hydrogen) atoms. The van der Waals surface area contributed by atoms with E-state index in [-0.39, 0.29) is 5.97 Å². The number of esters is 1. The summed E-state index contributed by atoms with van der Waals surface area (Å²) in [7, 11) is 3.28. The van der Waals surface area contributed by atoms with Gasteiger partial charge in [0, 0.05) is 6.04 Å². The van der Waals surface area contributed by atoms with Crippen molar-refractivity contribution in [2.45, 2.75) is 64.0 Å². The monoisotopic (exact) mass is 270 g/mol. The van der Waals surface area contributed by atoms with Crippen LogP contribution in [0.4, 0.5) is 0 Å². The first-order valence-electron chi connectivity index (χ1n) is 7.58. The van der Waals surface area contributed by atoms with E-state index in [2.05, 4.69) is 17.1 Å². The number of ether oxygens (including phenoxy) is 1. The number of carbonyl (C=O) groups excluding carboxylic acids is 1. The van der Waals surface area contributed by atoms with Gasteiger partial charge in [0.25, 0.3) is 0 Å². The maximum atomic E-state index is 11.7. The third-order valence-electron chi connectivity index (χ3n) is 4.53. The molecule has 1 fully saturated rings. The first-order chi connectivity index (χ1) is 9.07. The van der Waals surface area contributed by atoms with Gasteiger partial charge >= 0.3 is 5.97 Å². The van der Waals surface area contributed by atoms with E-state index >= 15 is 0 Å². The molecule has 4 heteroatoms. The van der Waals surface area contributed by atoms with E-state index in [1.54, 1.807) is 0 Å². The fraction of sp³-hybridized carbons (Fsp3) is 0.933. The Morgan fingerprint density at radius 3 is 2.79 bits per heavy atom. The van der Waals surface area contributed by atoms with Crippen LogP contribution in [0.5, 0.6) is 0 Å². The van der Waals surface area contributed by atoms with Crippen LogP contribution in [-0.4, -0.2) is 49.7 Å². The molecule has 1 aliphatic heterocycles. The summed E-state index contributed by atoms with van der Waals surface area (Å²) in [5.74, 6) is -0.164. The molecule has 0 amide bonds. The first kappa shape index (κ1) is 16.4. The number of rotatable bonds is 8. The van der Waals surface area contributed by atoms with Crippen LogP contribution in [-0.2, 0) is 9.53 Å². The fourth-order valence-corrected chi connectivity index (χ4v) is 3.00. The summed E-state index contributed by atoms with van der Waals surface area (Å²) in [6, 6.07) is 0.788. The van der Waals surface area contributed by atoms with Gasteiger partial charge in [0.1, 0.15) is 5.54 Å². The Labute approximate surface area is 117 Å². The molecular formula is C15H30N2O2. The summed E-state index contributed by atoms with van der Waals surface area (Å²) in [6.45, 7) is 6.61. The molecule has 4 nitrogen and oxygen atoms in total. The Bertz CT molecular complexity index is 283. The zero-order valence-electron chi connectivity index (χ0n) is 13.0. The summed E-state index contributed by atoms with van der Waals surface area (Å²) in [5.41, 5.74) is -0.538. The van der Waals surface area contributed by atoms with Crippen molar-refractivity contribution >= 4 is 5.97 Å². The number of likely N-dealkylation sites (N-methyl/N-ethyl adjacent to an activating group) is 1. The van der Waals surface area contributed by atoms with Crippen LogP contribution < -0.4 is 5.32 Å². The number of hydrogen-bond donors (Lipinski definition) is 1. The number of unbranched alkanes of at least 4 members (excludes halogenated alkanes) is 1. The van der Waals surface area contributed by atoms with Gasteiger partial charge in [-0.05, 0) is 65.6 Å². The van der Waals surface area contributed by atoms with Gasteiger partial charge in [0.05, 0.1) is 7.11 Å². The van der Waals surface area contributed by atoms with Crippen molar-refractivity contribution in [2.24, 2.45) is 0 Å². The second-order valence-electron chi connectivity index (χ2n) is 5.77. The summed E-state index contributed by atoms with van der Waals surface area (Å²) in [6.07, 6.45) is 7.00. The molecule has 0 spiro atoms. The highest BCUT2D eigenvalue weighted by atomic mass is 16.5. The van der Waals surface area contributed by atoms with Crippen LogP contribution in [0.15, 0.2) is 0 Å². The normalized spacial score (nSPS) is 23.3. The van der Waals surface area contributed by atoms with Crippen molar-refractivity contribution in [3.63, 3.8) is 0 Å². The number of nitrogens with one attached hydrogen (secondary N) is 1. The van der Waals surface area contributed by atoms with Crippen molar-refractivity contribution in [1.82, 2.24) is 10.2 Å². The van der Waals surface area contributed by atoms with E-state index in [9.17, 15) is 4.79 Å². The summed E-state index contributed by atoms with van der Waals surface area (Å²) in [5, 5.41) is 3.09. The van der Waals surface area contributed by atoms with Gasteiger partial charge in [0.2, 0.25) is 0 Å². The van der Waals surface area contributed by atoms with Gasteiger partial charge < -0.3 is 15.0 Å². The van der Waals surface area contributed by atoms with Gasteiger partial charge in [-0.2, -0.15) is 0 Å². The third kappa shape index (κ3) is 4.46. The smallest absolute Gasteiger partial charge is 0.325 e. The molecule has 1 saturated heterocycles. The molecule has 2 unspecified atom stereocenters. The lowest BCUT2D eigenvalue weighted by Crippen LogP contribution is -2.48. The largest absolute Gasteiger partial charge is 0.468 e. The average Bonchev–Trinajstić information content (AvgIpc) is 2.89. The highest BCUT2D eigenvalue weighted by Crippen LogP contribution is 2.21. The molecule has 2 atom stereocenters. The van der Waals surface area contributed by atoms with E-state index in [0.717, 1.165) is 25.3 Å². The fourth-order valence-electron chi connectivity index (χ4n) is 3.00. The zero-order chi connectivity index (χ0) is 14.3. The molecule has 0 saturated carbocycles. The summed E-state index contributed by atoms with van der Waals surface area (Å²) in [4.78, 5) is 14.3. The lowest BCUT2D eigenvalue weighted by molar-refractivity contribution is -0.148. The molecule has 112 valence electrons. The maximum Gasteiger partial charge on any atom is 0.325 e. The second-order valence-corrected chi connectivity index (χ2v) is 5.77. The quantitative estimate of drug-likeness (QED) is 0.542. The van der Waals surface area contributed by atoms with Crippen LogP contribution in [0.1, 0.15) is 52.4 Å². The molecule has 1 aliphatic rings. The first-order valence-corrected chi connectivity index (χ1v) is 7.58. The minimum absolute atomic E-state index is 0.164. The van der Waals surface area contributed by atoms with Crippen molar-refractivity contribution in [1.29, 1.82) is 0 Å². The molecule has 0 aromatic rings. The summed E-state index contributed by atoms with van der Waals surface area (Å²) >= 11 is 0. The molecule has 1 rings (SSSR count). The molecular weight excluding hydrogens is 240 g/mol. The molecule has 0 radical (unpaired) electrons. The van der Waals surface area contributed by atoms with Gasteiger partial charge in [-0.15, -0.1) is 0 Å². The SMILES string of the molecule is CCC1CCCN1CCCCC(C)(NC)C(=O)OC. The Kier molecular flexibility index (Phi) is 6.80. The van der Waals surface area contributed by atoms with Crippen LogP contribution in [0.3, 0.4) is 0 Å². The van der Waals surface area contributed by atoms with E-state index in [4.69, 9.17) is 4.74 Å². The highest BCUT2D eigenvalue weighted by molar-refractivity contribution is 5.80. The molecule has 1 N–H and O–H groups in total. The molecule has 1 heterocycles. The van der Waals surface area contributed by atoms with Crippen LogP contribution in [0.25, 0.3) is 0 Å². The lowest BCUT2D eigenvalue weighted by Gasteiger charge is -2.27. The standard InChI is InChI=1S/C15H30N2O2/c1-5-13-9-8-12-17(13)11-7-6-10-15(2,16-3)14(18)19-4/h13,16H,5-12H2,1-4H3. The van der Waals surface area contributed by atoms with Crippen LogP contribution in [0.2, 0.25) is 0 Å². The van der Waals surface area contributed by atoms with Crippen molar-refractivity contribution in [2.75, 3.05) is 27.2 Å². The third-order valence-corrected chi connectivity index (χ3v) is 4.53. The Morgan fingerprint density at radius 2 is 2.21 bits per heavy atom. The van der Waals surface area contributed by atoms with Crippen molar-refractivity contribution in [3.8, 4) is 0 Å².